The number of esters is 1. The fourth-order valence-electron chi connectivity index (χ4n) is 1.20. The van der Waals surface area contributed by atoms with Crippen molar-refractivity contribution in [2.45, 2.75) is 25.6 Å². The average molecular weight is 229 g/mol. The largest absolute Gasteiger partial charge is 0.468 e. The first-order valence-corrected chi connectivity index (χ1v) is 5.59. The van der Waals surface area contributed by atoms with E-state index in [0.29, 0.717) is 6.54 Å². The van der Waals surface area contributed by atoms with Gasteiger partial charge in [0.25, 0.3) is 0 Å². The van der Waals surface area contributed by atoms with E-state index in [-0.39, 0.29) is 0 Å². The molecule has 0 saturated carbocycles. The minimum absolute atomic E-state index is 0.444. The standard InChI is InChI=1S/C10H15NO3S/c1-7(12)9(10(13)14-2)11-5-8-3-4-15-6-8/h3-4,6-7,9,11-12H,5H2,1-2H3/t7-,9+/m1/s1. The fourth-order valence-corrected chi connectivity index (χ4v) is 1.87. The van der Waals surface area contributed by atoms with Crippen LogP contribution < -0.4 is 5.32 Å². The first kappa shape index (κ1) is 12.2. The van der Waals surface area contributed by atoms with E-state index in [1.807, 2.05) is 16.8 Å². The molecule has 0 bridgehead atoms. The van der Waals surface area contributed by atoms with Crippen molar-refractivity contribution in [3.63, 3.8) is 0 Å². The van der Waals surface area contributed by atoms with Gasteiger partial charge in [0, 0.05) is 6.54 Å². The monoisotopic (exact) mass is 229 g/mol. The van der Waals surface area contributed by atoms with Crippen molar-refractivity contribution in [3.8, 4) is 0 Å². The van der Waals surface area contributed by atoms with Gasteiger partial charge in [-0.1, -0.05) is 0 Å². The molecule has 0 fully saturated rings. The molecule has 0 aliphatic heterocycles. The van der Waals surface area contributed by atoms with E-state index < -0.39 is 18.1 Å². The Balaban J connectivity index is 2.49. The minimum atomic E-state index is -0.768. The number of nitrogens with one attached hydrogen (secondary N) is 1. The number of carbonyl (C=O) groups is 1. The van der Waals surface area contributed by atoms with Crippen LogP contribution in [-0.2, 0) is 16.1 Å². The van der Waals surface area contributed by atoms with Crippen LogP contribution in [0.25, 0.3) is 0 Å². The summed E-state index contributed by atoms with van der Waals surface area (Å²) < 4.78 is 4.58. The van der Waals surface area contributed by atoms with Crippen molar-refractivity contribution in [1.82, 2.24) is 5.32 Å². The van der Waals surface area contributed by atoms with Crippen molar-refractivity contribution in [3.05, 3.63) is 22.4 Å². The highest BCUT2D eigenvalue weighted by atomic mass is 32.1. The number of methoxy groups -OCH3 is 1. The highest BCUT2D eigenvalue weighted by Gasteiger charge is 2.23. The van der Waals surface area contributed by atoms with Gasteiger partial charge in [-0.3, -0.25) is 10.1 Å². The van der Waals surface area contributed by atoms with Crippen molar-refractivity contribution < 1.29 is 14.6 Å². The van der Waals surface area contributed by atoms with Gasteiger partial charge in [-0.15, -0.1) is 0 Å². The van der Waals surface area contributed by atoms with Crippen LogP contribution in [0, 0.1) is 0 Å². The van der Waals surface area contributed by atoms with Gasteiger partial charge in [-0.2, -0.15) is 11.3 Å². The van der Waals surface area contributed by atoms with Gasteiger partial charge in [-0.05, 0) is 29.3 Å². The molecule has 0 unspecified atom stereocenters. The average Bonchev–Trinajstić information content (AvgIpc) is 2.70. The summed E-state index contributed by atoms with van der Waals surface area (Å²) in [5.74, 6) is -0.444. The lowest BCUT2D eigenvalue weighted by Crippen LogP contribution is -2.45. The highest BCUT2D eigenvalue weighted by Crippen LogP contribution is 2.06. The Bertz CT molecular complexity index is 298. The summed E-state index contributed by atoms with van der Waals surface area (Å²) in [7, 11) is 1.31. The lowest BCUT2D eigenvalue weighted by atomic mass is 10.2. The molecule has 0 saturated heterocycles. The van der Waals surface area contributed by atoms with Crippen LogP contribution >= 0.6 is 11.3 Å². The highest BCUT2D eigenvalue weighted by molar-refractivity contribution is 7.07. The van der Waals surface area contributed by atoms with Crippen LogP contribution in [0.15, 0.2) is 16.8 Å². The normalized spacial score (nSPS) is 14.6. The summed E-state index contributed by atoms with van der Waals surface area (Å²) in [4.78, 5) is 11.3. The molecule has 0 aromatic carbocycles. The number of rotatable bonds is 5. The van der Waals surface area contributed by atoms with Crippen LogP contribution in [0.1, 0.15) is 12.5 Å². The molecule has 2 N–H and O–H groups in total. The lowest BCUT2D eigenvalue weighted by molar-refractivity contribution is -0.145. The molecule has 4 nitrogen and oxygen atoms in total. The number of aliphatic hydroxyl groups excluding tert-OH is 1. The van der Waals surface area contributed by atoms with E-state index in [2.05, 4.69) is 10.1 Å². The molecule has 0 amide bonds. The van der Waals surface area contributed by atoms with Gasteiger partial charge in [0.05, 0.1) is 13.2 Å². The molecule has 5 heteroatoms. The Kier molecular flexibility index (Phi) is 4.74. The quantitative estimate of drug-likeness (QED) is 0.732. The number of aliphatic hydroxyl groups is 1. The Morgan fingerprint density at radius 1 is 1.73 bits per heavy atom. The third-order valence-corrected chi connectivity index (χ3v) is 2.78. The molecule has 0 aliphatic rings. The number of ether oxygens (including phenoxy) is 1. The maximum Gasteiger partial charge on any atom is 0.325 e. The second-order valence-corrected chi connectivity index (χ2v) is 4.03. The van der Waals surface area contributed by atoms with Gasteiger partial charge in [0.15, 0.2) is 0 Å². The molecular weight excluding hydrogens is 214 g/mol. The van der Waals surface area contributed by atoms with Gasteiger partial charge < -0.3 is 9.84 Å². The fraction of sp³-hybridized carbons (Fsp3) is 0.500. The molecular formula is C10H15NO3S. The van der Waals surface area contributed by atoms with E-state index in [1.54, 1.807) is 18.3 Å². The van der Waals surface area contributed by atoms with E-state index in [9.17, 15) is 9.90 Å². The van der Waals surface area contributed by atoms with Gasteiger partial charge in [0.2, 0.25) is 0 Å². The molecule has 0 spiro atoms. The zero-order valence-corrected chi connectivity index (χ0v) is 9.58. The van der Waals surface area contributed by atoms with Crippen molar-refractivity contribution in [2.24, 2.45) is 0 Å². The molecule has 0 radical (unpaired) electrons. The summed E-state index contributed by atoms with van der Waals surface area (Å²) in [5, 5.41) is 16.3. The van der Waals surface area contributed by atoms with Crippen LogP contribution in [0.4, 0.5) is 0 Å². The maximum absolute atomic E-state index is 11.3. The molecule has 84 valence electrons. The first-order chi connectivity index (χ1) is 7.15. The van der Waals surface area contributed by atoms with Crippen LogP contribution in [-0.4, -0.2) is 30.3 Å². The Morgan fingerprint density at radius 3 is 2.93 bits per heavy atom. The second-order valence-electron chi connectivity index (χ2n) is 3.25. The third-order valence-electron chi connectivity index (χ3n) is 2.04. The summed E-state index contributed by atoms with van der Waals surface area (Å²) in [6.45, 7) is 2.11. The van der Waals surface area contributed by atoms with Crippen molar-refractivity contribution >= 4 is 17.3 Å². The summed E-state index contributed by atoms with van der Waals surface area (Å²) in [5.41, 5.74) is 1.09. The lowest BCUT2D eigenvalue weighted by Gasteiger charge is -2.18. The zero-order valence-electron chi connectivity index (χ0n) is 8.77. The van der Waals surface area contributed by atoms with Gasteiger partial charge in [0.1, 0.15) is 6.04 Å². The van der Waals surface area contributed by atoms with Gasteiger partial charge >= 0.3 is 5.97 Å². The number of hydrogen-bond acceptors (Lipinski definition) is 5. The second kappa shape index (κ2) is 5.85. The number of thiophene rings is 1. The van der Waals surface area contributed by atoms with E-state index >= 15 is 0 Å². The number of hydrogen-bond donors (Lipinski definition) is 2. The molecule has 1 heterocycles. The molecule has 0 aliphatic carbocycles. The van der Waals surface area contributed by atoms with Crippen LogP contribution in [0.2, 0.25) is 0 Å². The first-order valence-electron chi connectivity index (χ1n) is 4.65. The third kappa shape index (κ3) is 3.62. The van der Waals surface area contributed by atoms with Crippen molar-refractivity contribution in [1.29, 1.82) is 0 Å². The summed E-state index contributed by atoms with van der Waals surface area (Å²) in [6.07, 6.45) is -0.768. The Labute approximate surface area is 92.9 Å². The van der Waals surface area contributed by atoms with Crippen LogP contribution in [0.5, 0.6) is 0 Å². The predicted molar refractivity (Wildman–Crippen MR) is 58.6 cm³/mol. The topological polar surface area (TPSA) is 58.6 Å². The van der Waals surface area contributed by atoms with Crippen LogP contribution in [0.3, 0.4) is 0 Å². The van der Waals surface area contributed by atoms with Crippen molar-refractivity contribution in [2.75, 3.05) is 7.11 Å². The maximum atomic E-state index is 11.3. The summed E-state index contributed by atoms with van der Waals surface area (Å²) >= 11 is 1.60. The summed E-state index contributed by atoms with van der Waals surface area (Å²) in [6, 6.07) is 1.29. The minimum Gasteiger partial charge on any atom is -0.468 e. The molecule has 1 aromatic rings. The van der Waals surface area contributed by atoms with E-state index in [1.165, 1.54) is 7.11 Å². The Hall–Kier alpha value is -0.910. The smallest absolute Gasteiger partial charge is 0.325 e. The molecule has 15 heavy (non-hydrogen) atoms. The number of carbonyl (C=O) groups excluding carboxylic acids is 1. The molecule has 1 rings (SSSR count). The van der Waals surface area contributed by atoms with E-state index in [0.717, 1.165) is 5.56 Å². The molecule has 1 aromatic heterocycles. The SMILES string of the molecule is COC(=O)[C@@H](NCc1ccsc1)[C@@H](C)O. The van der Waals surface area contributed by atoms with E-state index in [4.69, 9.17) is 0 Å². The predicted octanol–water partition coefficient (Wildman–Crippen LogP) is 0.760. The Morgan fingerprint density at radius 2 is 2.47 bits per heavy atom. The molecule has 2 atom stereocenters. The van der Waals surface area contributed by atoms with Gasteiger partial charge in [-0.25, -0.2) is 0 Å². The zero-order chi connectivity index (χ0) is 11.3.